The van der Waals surface area contributed by atoms with Gasteiger partial charge in [-0.1, -0.05) is 28.1 Å². The van der Waals surface area contributed by atoms with Gasteiger partial charge in [0, 0.05) is 16.6 Å². The number of urea groups is 1. The zero-order chi connectivity index (χ0) is 18.4. The van der Waals surface area contributed by atoms with Gasteiger partial charge in [0.1, 0.15) is 0 Å². The molecule has 0 fully saturated rings. The first kappa shape index (κ1) is 18.9. The molecule has 2 aromatic rings. The van der Waals surface area contributed by atoms with E-state index in [1.807, 2.05) is 31.2 Å². The van der Waals surface area contributed by atoms with Crippen LogP contribution in [0.15, 0.2) is 40.9 Å². The van der Waals surface area contributed by atoms with Crippen LogP contribution in [0.4, 0.5) is 10.5 Å². The van der Waals surface area contributed by atoms with Crippen molar-refractivity contribution in [3.05, 3.63) is 46.4 Å². The lowest BCUT2D eigenvalue weighted by Crippen LogP contribution is -2.31. The summed E-state index contributed by atoms with van der Waals surface area (Å²) in [5, 5.41) is 5.67. The predicted octanol–water partition coefficient (Wildman–Crippen LogP) is 4.36. The van der Waals surface area contributed by atoms with Crippen LogP contribution >= 0.6 is 15.9 Å². The minimum atomic E-state index is -0.329. The zero-order valence-corrected chi connectivity index (χ0v) is 16.1. The number of nitrogens with one attached hydrogen (secondary N) is 2. The van der Waals surface area contributed by atoms with Crippen molar-refractivity contribution in [3.8, 4) is 17.2 Å². The van der Waals surface area contributed by atoms with Crippen LogP contribution in [0.25, 0.3) is 0 Å². The van der Waals surface area contributed by atoms with Crippen molar-refractivity contribution in [3.63, 3.8) is 0 Å². The van der Waals surface area contributed by atoms with Gasteiger partial charge in [-0.3, -0.25) is 0 Å². The number of carbonyl (C=O) groups excluding carboxylic acids is 1. The SMILES string of the molecule is COc1cc(NC(=O)NC(C)c2ccc(Br)cc2)cc(OC)c1OC. The van der Waals surface area contributed by atoms with Crippen LogP contribution in [0, 0.1) is 0 Å². The molecule has 0 aliphatic heterocycles. The Hall–Kier alpha value is -2.41. The highest BCUT2D eigenvalue weighted by atomic mass is 79.9. The summed E-state index contributed by atoms with van der Waals surface area (Å²) in [7, 11) is 4.58. The number of ether oxygens (including phenoxy) is 3. The first-order chi connectivity index (χ1) is 12.0. The van der Waals surface area contributed by atoms with Gasteiger partial charge >= 0.3 is 6.03 Å². The summed E-state index contributed by atoms with van der Waals surface area (Å²) in [6.45, 7) is 1.91. The van der Waals surface area contributed by atoms with Gasteiger partial charge in [-0.2, -0.15) is 0 Å². The maximum Gasteiger partial charge on any atom is 0.319 e. The molecule has 0 aromatic heterocycles. The Labute approximate surface area is 155 Å². The Morgan fingerprint density at radius 3 is 2.04 bits per heavy atom. The van der Waals surface area contributed by atoms with Gasteiger partial charge in [-0.25, -0.2) is 4.79 Å². The molecule has 7 heteroatoms. The van der Waals surface area contributed by atoms with E-state index in [9.17, 15) is 4.79 Å². The molecule has 0 saturated carbocycles. The smallest absolute Gasteiger partial charge is 0.319 e. The molecular formula is C18H21BrN2O4. The lowest BCUT2D eigenvalue weighted by atomic mass is 10.1. The normalized spacial score (nSPS) is 11.4. The summed E-state index contributed by atoms with van der Waals surface area (Å²) in [4.78, 5) is 12.3. The lowest BCUT2D eigenvalue weighted by Gasteiger charge is -2.17. The highest BCUT2D eigenvalue weighted by molar-refractivity contribution is 9.10. The standard InChI is InChI=1S/C18H21BrN2O4/c1-11(12-5-7-13(19)8-6-12)20-18(22)21-14-9-15(23-2)17(25-4)16(10-14)24-3/h5-11H,1-4H3,(H2,20,21,22). The highest BCUT2D eigenvalue weighted by Gasteiger charge is 2.15. The van der Waals surface area contributed by atoms with Crippen LogP contribution in [-0.4, -0.2) is 27.4 Å². The number of hydrogen-bond donors (Lipinski definition) is 2. The molecule has 134 valence electrons. The fourth-order valence-electron chi connectivity index (χ4n) is 2.35. The number of anilines is 1. The van der Waals surface area contributed by atoms with Crippen molar-refractivity contribution in [2.45, 2.75) is 13.0 Å². The maximum atomic E-state index is 12.3. The third kappa shape index (κ3) is 4.79. The lowest BCUT2D eigenvalue weighted by molar-refractivity contribution is 0.249. The molecule has 2 amide bonds. The Morgan fingerprint density at radius 1 is 1.00 bits per heavy atom. The van der Waals surface area contributed by atoms with E-state index in [4.69, 9.17) is 14.2 Å². The number of rotatable bonds is 6. The predicted molar refractivity (Wildman–Crippen MR) is 101 cm³/mol. The molecule has 2 aromatic carbocycles. The van der Waals surface area contributed by atoms with Gasteiger partial charge in [-0.15, -0.1) is 0 Å². The van der Waals surface area contributed by atoms with E-state index in [1.54, 1.807) is 12.1 Å². The molecule has 0 saturated heterocycles. The largest absolute Gasteiger partial charge is 0.493 e. The molecule has 0 spiro atoms. The molecule has 0 bridgehead atoms. The molecule has 6 nitrogen and oxygen atoms in total. The van der Waals surface area contributed by atoms with Gasteiger partial charge in [0.15, 0.2) is 11.5 Å². The van der Waals surface area contributed by atoms with E-state index in [1.165, 1.54) is 21.3 Å². The maximum absolute atomic E-state index is 12.3. The fourth-order valence-corrected chi connectivity index (χ4v) is 2.62. The van der Waals surface area contributed by atoms with Crippen LogP contribution in [0.1, 0.15) is 18.5 Å². The number of carbonyl (C=O) groups is 1. The Kier molecular flexibility index (Phi) is 6.52. The topological polar surface area (TPSA) is 68.8 Å². The highest BCUT2D eigenvalue weighted by Crippen LogP contribution is 2.39. The summed E-state index contributed by atoms with van der Waals surface area (Å²) >= 11 is 3.39. The van der Waals surface area contributed by atoms with Crippen LogP contribution in [0.5, 0.6) is 17.2 Å². The van der Waals surface area contributed by atoms with E-state index in [0.29, 0.717) is 22.9 Å². The van der Waals surface area contributed by atoms with Gasteiger partial charge in [0.2, 0.25) is 5.75 Å². The second-order valence-electron chi connectivity index (χ2n) is 5.29. The molecule has 2 rings (SSSR count). The van der Waals surface area contributed by atoms with Crippen molar-refractivity contribution in [1.82, 2.24) is 5.32 Å². The molecule has 25 heavy (non-hydrogen) atoms. The van der Waals surface area contributed by atoms with Gasteiger partial charge in [0.05, 0.1) is 33.1 Å². The Morgan fingerprint density at radius 2 is 1.56 bits per heavy atom. The van der Waals surface area contributed by atoms with E-state index < -0.39 is 0 Å². The number of benzene rings is 2. The van der Waals surface area contributed by atoms with Crippen LogP contribution < -0.4 is 24.8 Å². The van der Waals surface area contributed by atoms with Crippen molar-refractivity contribution >= 4 is 27.6 Å². The average Bonchev–Trinajstić information content (AvgIpc) is 2.61. The third-order valence-electron chi connectivity index (χ3n) is 3.64. The first-order valence-electron chi connectivity index (χ1n) is 7.61. The Bertz CT molecular complexity index is 709. The van der Waals surface area contributed by atoms with E-state index in [2.05, 4.69) is 26.6 Å². The molecule has 1 unspecified atom stereocenters. The molecule has 0 aliphatic rings. The van der Waals surface area contributed by atoms with Crippen LogP contribution in [-0.2, 0) is 0 Å². The van der Waals surface area contributed by atoms with E-state index in [0.717, 1.165) is 10.0 Å². The van der Waals surface area contributed by atoms with Crippen molar-refractivity contribution in [2.24, 2.45) is 0 Å². The quantitative estimate of drug-likeness (QED) is 0.744. The van der Waals surface area contributed by atoms with Crippen LogP contribution in [0.3, 0.4) is 0 Å². The van der Waals surface area contributed by atoms with Crippen LogP contribution in [0.2, 0.25) is 0 Å². The monoisotopic (exact) mass is 408 g/mol. The second kappa shape index (κ2) is 8.62. The van der Waals surface area contributed by atoms with Crippen molar-refractivity contribution < 1.29 is 19.0 Å². The number of hydrogen-bond acceptors (Lipinski definition) is 4. The van der Waals surface area contributed by atoms with Gasteiger partial charge in [0.25, 0.3) is 0 Å². The minimum absolute atomic E-state index is 0.143. The molecule has 0 heterocycles. The molecule has 0 radical (unpaired) electrons. The molecular weight excluding hydrogens is 388 g/mol. The summed E-state index contributed by atoms with van der Waals surface area (Å²) in [6.07, 6.45) is 0. The molecule has 2 N–H and O–H groups in total. The Balaban J connectivity index is 2.10. The van der Waals surface area contributed by atoms with E-state index >= 15 is 0 Å². The van der Waals surface area contributed by atoms with Crippen molar-refractivity contribution in [1.29, 1.82) is 0 Å². The summed E-state index contributed by atoms with van der Waals surface area (Å²) in [6, 6.07) is 10.6. The van der Waals surface area contributed by atoms with Gasteiger partial charge in [-0.05, 0) is 24.6 Å². The van der Waals surface area contributed by atoms with Crippen molar-refractivity contribution in [2.75, 3.05) is 26.6 Å². The number of amides is 2. The fraction of sp³-hybridized carbons (Fsp3) is 0.278. The number of halogens is 1. The third-order valence-corrected chi connectivity index (χ3v) is 4.17. The average molecular weight is 409 g/mol. The molecule has 0 aliphatic carbocycles. The zero-order valence-electron chi connectivity index (χ0n) is 14.6. The second-order valence-corrected chi connectivity index (χ2v) is 6.20. The van der Waals surface area contributed by atoms with E-state index in [-0.39, 0.29) is 12.1 Å². The summed E-state index contributed by atoms with van der Waals surface area (Å²) < 4.78 is 16.8. The summed E-state index contributed by atoms with van der Waals surface area (Å²) in [5.41, 5.74) is 1.54. The van der Waals surface area contributed by atoms with Gasteiger partial charge < -0.3 is 24.8 Å². The molecule has 1 atom stereocenters. The minimum Gasteiger partial charge on any atom is -0.493 e. The number of methoxy groups -OCH3 is 3. The first-order valence-corrected chi connectivity index (χ1v) is 8.40. The summed E-state index contributed by atoms with van der Waals surface area (Å²) in [5.74, 6) is 1.41.